The molecule has 1 aromatic rings. The zero-order chi connectivity index (χ0) is 20.5. The SMILES string of the molecule is CCCCCP(CCCCC)c1ccccc1P(CCCCC)CCCCC. The van der Waals surface area contributed by atoms with Gasteiger partial charge in [-0.15, -0.1) is 0 Å². The standard InChI is InChI=1S/C26H48P2/c1-5-9-15-21-27(22-16-10-6-2)25-19-13-14-20-26(25)28(23-17-11-7-3)24-18-12-8-4/h13-14,19-20H,5-12,15-18,21-24H2,1-4H3. The number of hydrogen-bond donors (Lipinski definition) is 0. The molecular formula is C26H48P2. The predicted molar refractivity (Wildman–Crippen MR) is 137 cm³/mol. The average molecular weight is 423 g/mol. The maximum atomic E-state index is 2.54. The quantitative estimate of drug-likeness (QED) is 0.164. The molecule has 0 aliphatic heterocycles. The molecule has 162 valence electrons. The van der Waals surface area contributed by atoms with Gasteiger partial charge in [0.1, 0.15) is 0 Å². The zero-order valence-electron chi connectivity index (χ0n) is 19.5. The minimum absolute atomic E-state index is 0.0468. The molecule has 0 nitrogen and oxygen atoms in total. The minimum Gasteiger partial charge on any atom is -0.0746 e. The first-order valence-electron chi connectivity index (χ1n) is 12.4. The van der Waals surface area contributed by atoms with Gasteiger partial charge in [-0.3, -0.25) is 0 Å². The molecule has 0 fully saturated rings. The van der Waals surface area contributed by atoms with Crippen LogP contribution in [-0.2, 0) is 0 Å². The van der Waals surface area contributed by atoms with Gasteiger partial charge in [-0.05, 0) is 60.9 Å². The monoisotopic (exact) mass is 422 g/mol. The topological polar surface area (TPSA) is 0 Å². The Labute approximate surface area is 180 Å². The first-order valence-corrected chi connectivity index (χ1v) is 15.8. The van der Waals surface area contributed by atoms with Gasteiger partial charge >= 0.3 is 0 Å². The lowest BCUT2D eigenvalue weighted by Crippen LogP contribution is -2.25. The summed E-state index contributed by atoms with van der Waals surface area (Å²) in [5.41, 5.74) is 0. The van der Waals surface area contributed by atoms with E-state index in [0.29, 0.717) is 0 Å². The maximum absolute atomic E-state index is 2.54. The first-order chi connectivity index (χ1) is 13.8. The van der Waals surface area contributed by atoms with E-state index < -0.39 is 0 Å². The van der Waals surface area contributed by atoms with Crippen molar-refractivity contribution in [3.63, 3.8) is 0 Å². The first kappa shape index (κ1) is 26.1. The molecule has 0 spiro atoms. The number of unbranched alkanes of at least 4 members (excludes halogenated alkanes) is 8. The molecule has 0 aromatic heterocycles. The summed E-state index contributed by atoms with van der Waals surface area (Å²) in [4.78, 5) is 0. The largest absolute Gasteiger partial charge is 0.0746 e. The molecule has 0 heterocycles. The lowest BCUT2D eigenvalue weighted by atomic mass is 10.3. The fourth-order valence-electron chi connectivity index (χ4n) is 3.92. The number of hydrogen-bond acceptors (Lipinski definition) is 0. The van der Waals surface area contributed by atoms with Crippen LogP contribution in [0.5, 0.6) is 0 Å². The second-order valence-electron chi connectivity index (χ2n) is 8.29. The molecule has 2 heteroatoms. The van der Waals surface area contributed by atoms with Crippen LogP contribution < -0.4 is 10.6 Å². The van der Waals surface area contributed by atoms with E-state index in [1.54, 1.807) is 0 Å². The van der Waals surface area contributed by atoms with Crippen molar-refractivity contribution in [2.75, 3.05) is 24.6 Å². The van der Waals surface area contributed by atoms with Gasteiger partial charge < -0.3 is 0 Å². The molecule has 0 amide bonds. The van der Waals surface area contributed by atoms with Crippen LogP contribution in [0.25, 0.3) is 0 Å². The fraction of sp³-hybridized carbons (Fsp3) is 0.769. The molecule has 0 N–H and O–H groups in total. The predicted octanol–water partition coefficient (Wildman–Crippen LogP) is 8.66. The normalized spacial score (nSPS) is 11.6. The van der Waals surface area contributed by atoms with Crippen LogP contribution in [0.3, 0.4) is 0 Å². The summed E-state index contributed by atoms with van der Waals surface area (Å²) in [6.45, 7) is 9.37. The molecule has 1 rings (SSSR count). The van der Waals surface area contributed by atoms with Crippen LogP contribution in [0, 0.1) is 0 Å². The molecule has 0 aliphatic rings. The van der Waals surface area contributed by atoms with Crippen molar-refractivity contribution >= 4 is 26.5 Å². The van der Waals surface area contributed by atoms with Crippen molar-refractivity contribution in [3.05, 3.63) is 24.3 Å². The van der Waals surface area contributed by atoms with Crippen LogP contribution in [0.2, 0.25) is 0 Å². The van der Waals surface area contributed by atoms with Gasteiger partial charge in [0, 0.05) is 0 Å². The lowest BCUT2D eigenvalue weighted by molar-refractivity contribution is 0.763. The smallest absolute Gasteiger partial charge is 0.0164 e. The van der Waals surface area contributed by atoms with Gasteiger partial charge in [-0.1, -0.05) is 119 Å². The summed E-state index contributed by atoms with van der Waals surface area (Å²) in [5.74, 6) is 0. The third-order valence-corrected chi connectivity index (χ3v) is 11.4. The number of benzene rings is 1. The molecule has 0 atom stereocenters. The third-order valence-electron chi connectivity index (χ3n) is 5.69. The molecular weight excluding hydrogens is 374 g/mol. The van der Waals surface area contributed by atoms with E-state index in [4.69, 9.17) is 0 Å². The summed E-state index contributed by atoms with van der Waals surface area (Å²) in [7, 11) is 0.0935. The van der Waals surface area contributed by atoms with E-state index in [9.17, 15) is 0 Å². The summed E-state index contributed by atoms with van der Waals surface area (Å²) < 4.78 is 0. The Bertz CT molecular complexity index is 408. The van der Waals surface area contributed by atoms with E-state index in [1.807, 2.05) is 10.6 Å². The lowest BCUT2D eigenvalue weighted by Gasteiger charge is -2.26. The molecule has 0 unspecified atom stereocenters. The minimum atomic E-state index is 0.0468. The Morgan fingerprint density at radius 2 is 0.750 bits per heavy atom. The Hall–Kier alpha value is 0.0800. The number of rotatable bonds is 18. The molecule has 0 saturated heterocycles. The van der Waals surface area contributed by atoms with Gasteiger partial charge in [0.15, 0.2) is 0 Å². The second-order valence-corrected chi connectivity index (χ2v) is 13.2. The molecule has 0 aliphatic carbocycles. The maximum Gasteiger partial charge on any atom is -0.0164 e. The van der Waals surface area contributed by atoms with Crippen LogP contribution in [0.15, 0.2) is 24.3 Å². The highest BCUT2D eigenvalue weighted by Crippen LogP contribution is 2.43. The second kappa shape index (κ2) is 17.9. The molecule has 1 aromatic carbocycles. The zero-order valence-corrected chi connectivity index (χ0v) is 21.3. The molecule has 28 heavy (non-hydrogen) atoms. The van der Waals surface area contributed by atoms with E-state index >= 15 is 0 Å². The molecule has 0 bridgehead atoms. The van der Waals surface area contributed by atoms with Crippen LogP contribution in [0.1, 0.15) is 105 Å². The summed E-state index contributed by atoms with van der Waals surface area (Å²) in [5, 5.41) is 3.62. The Balaban J connectivity index is 2.98. The average Bonchev–Trinajstić information content (AvgIpc) is 2.72. The highest BCUT2D eigenvalue weighted by molar-refractivity contribution is 7.72. The van der Waals surface area contributed by atoms with Crippen LogP contribution in [-0.4, -0.2) is 24.6 Å². The van der Waals surface area contributed by atoms with Crippen molar-refractivity contribution in [1.29, 1.82) is 0 Å². The Morgan fingerprint density at radius 3 is 1.00 bits per heavy atom. The fourth-order valence-corrected chi connectivity index (χ4v) is 9.99. The molecule has 0 radical (unpaired) electrons. The van der Waals surface area contributed by atoms with Gasteiger partial charge in [0.25, 0.3) is 0 Å². The highest BCUT2D eigenvalue weighted by atomic mass is 31.1. The van der Waals surface area contributed by atoms with Crippen molar-refractivity contribution in [3.8, 4) is 0 Å². The highest BCUT2D eigenvalue weighted by Gasteiger charge is 2.19. The van der Waals surface area contributed by atoms with Crippen molar-refractivity contribution in [2.24, 2.45) is 0 Å². The van der Waals surface area contributed by atoms with E-state index in [2.05, 4.69) is 52.0 Å². The van der Waals surface area contributed by atoms with Crippen molar-refractivity contribution in [1.82, 2.24) is 0 Å². The summed E-state index contributed by atoms with van der Waals surface area (Å²) in [6.07, 6.45) is 22.7. The van der Waals surface area contributed by atoms with Crippen LogP contribution >= 0.6 is 15.8 Å². The Kier molecular flexibility index (Phi) is 16.7. The third kappa shape index (κ3) is 10.7. The van der Waals surface area contributed by atoms with Crippen molar-refractivity contribution < 1.29 is 0 Å². The van der Waals surface area contributed by atoms with Gasteiger partial charge in [0.05, 0.1) is 0 Å². The summed E-state index contributed by atoms with van der Waals surface area (Å²) in [6, 6.07) is 9.74. The molecule has 0 saturated carbocycles. The van der Waals surface area contributed by atoms with E-state index in [-0.39, 0.29) is 15.8 Å². The van der Waals surface area contributed by atoms with Crippen LogP contribution in [0.4, 0.5) is 0 Å². The van der Waals surface area contributed by atoms with E-state index in [0.717, 1.165) is 0 Å². The Morgan fingerprint density at radius 1 is 0.464 bits per heavy atom. The summed E-state index contributed by atoms with van der Waals surface area (Å²) >= 11 is 0. The van der Waals surface area contributed by atoms with Crippen molar-refractivity contribution in [2.45, 2.75) is 105 Å². The van der Waals surface area contributed by atoms with E-state index in [1.165, 1.54) is 102 Å². The van der Waals surface area contributed by atoms with Gasteiger partial charge in [0.2, 0.25) is 0 Å². The van der Waals surface area contributed by atoms with Gasteiger partial charge in [-0.2, -0.15) is 0 Å². The van der Waals surface area contributed by atoms with Gasteiger partial charge in [-0.25, -0.2) is 0 Å².